The van der Waals surface area contributed by atoms with Gasteiger partial charge in [0.2, 0.25) is 0 Å². The van der Waals surface area contributed by atoms with Gasteiger partial charge in [-0.3, -0.25) is 4.98 Å². The highest BCUT2D eigenvalue weighted by atomic mass is 32.1. The average Bonchev–Trinajstić information content (AvgIpc) is 2.86. The van der Waals surface area contributed by atoms with Crippen LogP contribution in [0.1, 0.15) is 24.2 Å². The molecule has 0 spiro atoms. The Morgan fingerprint density at radius 3 is 3.11 bits per heavy atom. The minimum atomic E-state index is 0.695. The molecule has 0 radical (unpaired) electrons. The van der Waals surface area contributed by atoms with E-state index in [1.165, 1.54) is 12.8 Å². The summed E-state index contributed by atoms with van der Waals surface area (Å²) >= 11 is 1.63. The van der Waals surface area contributed by atoms with Gasteiger partial charge in [-0.1, -0.05) is 0 Å². The maximum atomic E-state index is 4.75. The molecule has 3 heterocycles. The quantitative estimate of drug-likeness (QED) is 0.934. The normalized spacial score (nSPS) is 19.5. The molecule has 1 saturated heterocycles. The summed E-state index contributed by atoms with van der Waals surface area (Å²) in [6, 6.07) is 0. The molecule has 5 heteroatoms. The van der Waals surface area contributed by atoms with E-state index >= 15 is 0 Å². The third kappa shape index (κ3) is 2.98. The van der Waals surface area contributed by atoms with Crippen LogP contribution in [0.3, 0.4) is 0 Å². The van der Waals surface area contributed by atoms with Crippen LogP contribution in [0.2, 0.25) is 0 Å². The van der Waals surface area contributed by atoms with Crippen LogP contribution in [0.25, 0.3) is 10.6 Å². The third-order valence-corrected chi connectivity index (χ3v) is 4.51. The van der Waals surface area contributed by atoms with E-state index in [-0.39, 0.29) is 0 Å². The van der Waals surface area contributed by atoms with Gasteiger partial charge in [-0.2, -0.15) is 0 Å². The van der Waals surface area contributed by atoms with E-state index in [2.05, 4.69) is 15.3 Å². The zero-order valence-corrected chi connectivity index (χ0v) is 11.9. The summed E-state index contributed by atoms with van der Waals surface area (Å²) in [5, 5.41) is 3.45. The molecule has 19 heavy (non-hydrogen) atoms. The first-order chi connectivity index (χ1) is 9.33. The van der Waals surface area contributed by atoms with Crippen LogP contribution in [-0.4, -0.2) is 28.0 Å². The first-order valence-corrected chi connectivity index (χ1v) is 7.63. The summed E-state index contributed by atoms with van der Waals surface area (Å²) in [5.74, 6) is 0.695. The van der Waals surface area contributed by atoms with E-state index in [1.54, 1.807) is 11.3 Å². The second-order valence-electron chi connectivity index (χ2n) is 5.08. The number of aryl methyl sites for hydroxylation is 1. The van der Waals surface area contributed by atoms with Gasteiger partial charge in [-0.25, -0.2) is 9.97 Å². The highest BCUT2D eigenvalue weighted by Gasteiger charge is 2.15. The predicted octanol–water partition coefficient (Wildman–Crippen LogP) is 2.45. The number of hydrogen-bond acceptors (Lipinski definition) is 5. The van der Waals surface area contributed by atoms with Gasteiger partial charge in [0, 0.05) is 6.20 Å². The minimum Gasteiger partial charge on any atom is -0.316 e. The van der Waals surface area contributed by atoms with Gasteiger partial charge in [-0.15, -0.1) is 11.3 Å². The van der Waals surface area contributed by atoms with Gasteiger partial charge in [0.1, 0.15) is 5.69 Å². The van der Waals surface area contributed by atoms with Gasteiger partial charge >= 0.3 is 0 Å². The van der Waals surface area contributed by atoms with Gasteiger partial charge < -0.3 is 5.32 Å². The lowest BCUT2D eigenvalue weighted by Crippen LogP contribution is -2.31. The van der Waals surface area contributed by atoms with E-state index in [0.717, 1.165) is 41.5 Å². The summed E-state index contributed by atoms with van der Waals surface area (Å²) in [7, 11) is 0. The zero-order valence-electron chi connectivity index (χ0n) is 11.1. The van der Waals surface area contributed by atoms with Gasteiger partial charge in [0.05, 0.1) is 28.0 Å². The maximum Gasteiger partial charge on any atom is 0.101 e. The number of hydrogen-bond donors (Lipinski definition) is 1. The molecule has 0 saturated carbocycles. The smallest absolute Gasteiger partial charge is 0.101 e. The Morgan fingerprint density at radius 1 is 1.42 bits per heavy atom. The Morgan fingerprint density at radius 2 is 2.37 bits per heavy atom. The lowest BCUT2D eigenvalue weighted by Gasteiger charge is -2.22. The minimum absolute atomic E-state index is 0.695. The van der Waals surface area contributed by atoms with Crippen LogP contribution in [0, 0.1) is 12.8 Å². The maximum absolute atomic E-state index is 4.75. The van der Waals surface area contributed by atoms with Crippen LogP contribution >= 0.6 is 11.3 Å². The van der Waals surface area contributed by atoms with Crippen LogP contribution in [0.15, 0.2) is 17.9 Å². The number of piperidine rings is 1. The molecule has 1 N–H and O–H groups in total. The number of thiazole rings is 1. The first-order valence-electron chi connectivity index (χ1n) is 6.75. The standard InChI is InChI=1S/C14H18N4S/c1-10-14(19-9-17-10)13-8-16-7-12(18-13)5-11-3-2-4-15-6-11/h7-9,11,15H,2-6H2,1H3. The molecule has 0 aromatic carbocycles. The zero-order chi connectivity index (χ0) is 13.1. The summed E-state index contributed by atoms with van der Waals surface area (Å²) in [6.07, 6.45) is 7.31. The molecular formula is C14H18N4S. The largest absolute Gasteiger partial charge is 0.316 e. The fraction of sp³-hybridized carbons (Fsp3) is 0.500. The fourth-order valence-corrected chi connectivity index (χ4v) is 3.31. The van der Waals surface area contributed by atoms with E-state index in [1.807, 2.05) is 24.8 Å². The highest BCUT2D eigenvalue weighted by Crippen LogP contribution is 2.25. The molecule has 1 aliphatic rings. The van der Waals surface area contributed by atoms with Crippen molar-refractivity contribution in [3.63, 3.8) is 0 Å². The topological polar surface area (TPSA) is 50.7 Å². The van der Waals surface area contributed by atoms with Crippen molar-refractivity contribution in [1.29, 1.82) is 0 Å². The van der Waals surface area contributed by atoms with E-state index in [9.17, 15) is 0 Å². The summed E-state index contributed by atoms with van der Waals surface area (Å²) in [6.45, 7) is 4.28. The van der Waals surface area contributed by atoms with Crippen molar-refractivity contribution in [1.82, 2.24) is 20.3 Å². The van der Waals surface area contributed by atoms with Gasteiger partial charge in [0.15, 0.2) is 0 Å². The molecule has 0 amide bonds. The number of rotatable bonds is 3. The number of aromatic nitrogens is 3. The van der Waals surface area contributed by atoms with E-state index in [0.29, 0.717) is 5.92 Å². The molecule has 1 atom stereocenters. The second kappa shape index (κ2) is 5.75. The van der Waals surface area contributed by atoms with Crippen LogP contribution in [-0.2, 0) is 6.42 Å². The van der Waals surface area contributed by atoms with Crippen LogP contribution in [0.4, 0.5) is 0 Å². The van der Waals surface area contributed by atoms with Crippen LogP contribution < -0.4 is 5.32 Å². The van der Waals surface area contributed by atoms with Crippen molar-refractivity contribution < 1.29 is 0 Å². The number of nitrogens with one attached hydrogen (secondary N) is 1. The van der Waals surface area contributed by atoms with Crippen molar-refractivity contribution in [2.45, 2.75) is 26.2 Å². The SMILES string of the molecule is Cc1ncsc1-c1cncc(CC2CCCNC2)n1. The second-order valence-corrected chi connectivity index (χ2v) is 5.93. The first kappa shape index (κ1) is 12.7. The summed E-state index contributed by atoms with van der Waals surface area (Å²) in [4.78, 5) is 14.5. The van der Waals surface area contributed by atoms with E-state index in [4.69, 9.17) is 4.98 Å². The molecule has 0 aliphatic carbocycles. The third-order valence-electron chi connectivity index (χ3n) is 3.56. The molecule has 2 aromatic heterocycles. The Hall–Kier alpha value is -1.33. The summed E-state index contributed by atoms with van der Waals surface area (Å²) < 4.78 is 0. The molecule has 1 aliphatic heterocycles. The van der Waals surface area contributed by atoms with Crippen molar-refractivity contribution in [2.75, 3.05) is 13.1 Å². The highest BCUT2D eigenvalue weighted by molar-refractivity contribution is 7.13. The molecule has 3 rings (SSSR count). The Labute approximate surface area is 117 Å². The molecule has 1 unspecified atom stereocenters. The number of nitrogens with zero attached hydrogens (tertiary/aromatic N) is 3. The van der Waals surface area contributed by atoms with Gasteiger partial charge in [0.25, 0.3) is 0 Å². The summed E-state index contributed by atoms with van der Waals surface area (Å²) in [5.41, 5.74) is 4.96. The molecular weight excluding hydrogens is 256 g/mol. The molecule has 1 fully saturated rings. The van der Waals surface area contributed by atoms with Crippen molar-refractivity contribution in [3.05, 3.63) is 29.3 Å². The van der Waals surface area contributed by atoms with Gasteiger partial charge in [-0.05, 0) is 45.2 Å². The molecule has 2 aromatic rings. The molecule has 0 bridgehead atoms. The monoisotopic (exact) mass is 274 g/mol. The van der Waals surface area contributed by atoms with Crippen LogP contribution in [0.5, 0.6) is 0 Å². The molecule has 4 nitrogen and oxygen atoms in total. The lowest BCUT2D eigenvalue weighted by atomic mass is 9.95. The fourth-order valence-electron chi connectivity index (χ4n) is 2.56. The Balaban J connectivity index is 1.78. The predicted molar refractivity (Wildman–Crippen MR) is 77.2 cm³/mol. The Bertz CT molecular complexity index is 546. The van der Waals surface area contributed by atoms with Crippen molar-refractivity contribution in [3.8, 4) is 10.6 Å². The van der Waals surface area contributed by atoms with Crippen molar-refractivity contribution >= 4 is 11.3 Å². The molecule has 100 valence electrons. The lowest BCUT2D eigenvalue weighted by molar-refractivity contribution is 0.373. The Kier molecular flexibility index (Phi) is 3.84. The van der Waals surface area contributed by atoms with E-state index < -0.39 is 0 Å². The average molecular weight is 274 g/mol. The van der Waals surface area contributed by atoms with Crippen molar-refractivity contribution in [2.24, 2.45) is 5.92 Å².